The van der Waals surface area contributed by atoms with Crippen LogP contribution in [0.15, 0.2) is 35.8 Å². The van der Waals surface area contributed by atoms with E-state index in [1.54, 1.807) is 11.3 Å². The highest BCUT2D eigenvalue weighted by Crippen LogP contribution is 2.21. The van der Waals surface area contributed by atoms with E-state index >= 15 is 0 Å². The molecule has 1 heterocycles. The van der Waals surface area contributed by atoms with Crippen LogP contribution < -0.4 is 4.57 Å². The summed E-state index contributed by atoms with van der Waals surface area (Å²) in [5.74, 6) is 0. The van der Waals surface area contributed by atoms with E-state index in [9.17, 15) is 0 Å². The highest BCUT2D eigenvalue weighted by atomic mass is 35.5. The second-order valence-electron chi connectivity index (χ2n) is 2.83. The first-order chi connectivity index (χ1) is 6.27. The van der Waals surface area contributed by atoms with Crippen molar-refractivity contribution in [3.63, 3.8) is 0 Å². The molecule has 0 N–H and O–H groups in total. The topological polar surface area (TPSA) is 3.88 Å². The van der Waals surface area contributed by atoms with E-state index in [-0.39, 0.29) is 0 Å². The van der Waals surface area contributed by atoms with Gasteiger partial charge in [-0.1, -0.05) is 22.9 Å². The van der Waals surface area contributed by atoms with Crippen LogP contribution in [0.4, 0.5) is 0 Å². The van der Waals surface area contributed by atoms with Crippen LogP contribution in [-0.2, 0) is 7.05 Å². The largest absolute Gasteiger partial charge is 0.268 e. The van der Waals surface area contributed by atoms with Crippen molar-refractivity contribution in [3.8, 4) is 10.6 Å². The van der Waals surface area contributed by atoms with Crippen LogP contribution in [0.2, 0.25) is 5.02 Å². The van der Waals surface area contributed by atoms with Gasteiger partial charge in [0.25, 0.3) is 5.01 Å². The molecule has 0 saturated carbocycles. The van der Waals surface area contributed by atoms with Crippen LogP contribution in [0.25, 0.3) is 10.6 Å². The molecule has 0 radical (unpaired) electrons. The molecular weight excluding hydrogens is 202 g/mol. The molecule has 0 amide bonds. The Bertz CT molecular complexity index is 405. The number of nitrogens with zero attached hydrogens (tertiary/aromatic N) is 1. The number of aryl methyl sites for hydroxylation is 1. The van der Waals surface area contributed by atoms with Crippen molar-refractivity contribution >= 4 is 22.9 Å². The van der Waals surface area contributed by atoms with Gasteiger partial charge in [0.1, 0.15) is 7.05 Å². The van der Waals surface area contributed by atoms with Crippen molar-refractivity contribution in [2.45, 2.75) is 0 Å². The molecule has 1 nitrogen and oxygen atoms in total. The third-order valence-electron chi connectivity index (χ3n) is 1.88. The Labute approximate surface area is 86.2 Å². The predicted octanol–water partition coefficient (Wildman–Crippen LogP) is 2.89. The molecule has 1 aromatic heterocycles. The average molecular weight is 211 g/mol. The minimum atomic E-state index is 0.781. The van der Waals surface area contributed by atoms with E-state index in [2.05, 4.69) is 16.1 Å². The van der Waals surface area contributed by atoms with E-state index in [0.29, 0.717) is 0 Å². The highest BCUT2D eigenvalue weighted by Gasteiger charge is 2.09. The summed E-state index contributed by atoms with van der Waals surface area (Å²) in [6.07, 6.45) is 2.05. The van der Waals surface area contributed by atoms with E-state index in [1.165, 1.54) is 10.6 Å². The highest BCUT2D eigenvalue weighted by molar-refractivity contribution is 7.12. The van der Waals surface area contributed by atoms with Crippen molar-refractivity contribution in [2.75, 3.05) is 0 Å². The lowest BCUT2D eigenvalue weighted by Gasteiger charge is -1.93. The second-order valence-corrected chi connectivity index (χ2v) is 4.16. The summed E-state index contributed by atoms with van der Waals surface area (Å²) < 4.78 is 2.11. The average Bonchev–Trinajstić information content (AvgIpc) is 2.53. The van der Waals surface area contributed by atoms with Gasteiger partial charge in [0, 0.05) is 5.02 Å². The van der Waals surface area contributed by atoms with E-state index < -0.39 is 0 Å². The molecule has 0 aliphatic heterocycles. The third-order valence-corrected chi connectivity index (χ3v) is 3.13. The minimum absolute atomic E-state index is 0.781. The summed E-state index contributed by atoms with van der Waals surface area (Å²) in [6, 6.07) is 7.90. The fourth-order valence-electron chi connectivity index (χ4n) is 1.20. The molecule has 0 spiro atoms. The summed E-state index contributed by atoms with van der Waals surface area (Å²) >= 11 is 7.54. The predicted molar refractivity (Wildman–Crippen MR) is 55.9 cm³/mol. The van der Waals surface area contributed by atoms with E-state index in [4.69, 9.17) is 11.6 Å². The number of aromatic nitrogens is 1. The number of halogens is 1. The van der Waals surface area contributed by atoms with E-state index in [1.807, 2.05) is 31.3 Å². The van der Waals surface area contributed by atoms with Crippen LogP contribution in [0.3, 0.4) is 0 Å². The summed E-state index contributed by atoms with van der Waals surface area (Å²) in [7, 11) is 2.04. The van der Waals surface area contributed by atoms with Gasteiger partial charge >= 0.3 is 0 Å². The minimum Gasteiger partial charge on any atom is -0.191 e. The van der Waals surface area contributed by atoms with Crippen molar-refractivity contribution in [3.05, 3.63) is 40.9 Å². The lowest BCUT2D eigenvalue weighted by Crippen LogP contribution is -2.26. The quantitative estimate of drug-likeness (QED) is 0.638. The standard InChI is InChI=1S/C10H9ClNS/c1-12-6-7-13-10(12)8-2-4-9(11)5-3-8/h2-7H,1H3/q+1. The van der Waals surface area contributed by atoms with Crippen molar-refractivity contribution in [2.24, 2.45) is 7.05 Å². The first-order valence-corrected chi connectivity index (χ1v) is 5.22. The normalized spacial score (nSPS) is 10.3. The fraction of sp³-hybridized carbons (Fsp3) is 0.100. The van der Waals surface area contributed by atoms with Gasteiger partial charge in [0.05, 0.1) is 10.9 Å². The number of hydrogen-bond acceptors (Lipinski definition) is 1. The van der Waals surface area contributed by atoms with Gasteiger partial charge in [-0.05, 0) is 24.3 Å². The van der Waals surface area contributed by atoms with Crippen LogP contribution in [-0.4, -0.2) is 0 Å². The van der Waals surface area contributed by atoms with Crippen LogP contribution in [0.5, 0.6) is 0 Å². The molecule has 0 fully saturated rings. The first kappa shape index (κ1) is 8.73. The Hall–Kier alpha value is -0.860. The zero-order chi connectivity index (χ0) is 9.26. The van der Waals surface area contributed by atoms with Gasteiger partial charge in [-0.25, -0.2) is 0 Å². The molecular formula is C10H9ClNS+. The lowest BCUT2D eigenvalue weighted by atomic mass is 10.2. The Morgan fingerprint density at radius 2 is 1.92 bits per heavy atom. The van der Waals surface area contributed by atoms with Crippen LogP contribution in [0, 0.1) is 0 Å². The Morgan fingerprint density at radius 3 is 2.46 bits per heavy atom. The number of thiazole rings is 1. The lowest BCUT2D eigenvalue weighted by molar-refractivity contribution is -0.655. The van der Waals surface area contributed by atoms with Crippen molar-refractivity contribution < 1.29 is 4.57 Å². The van der Waals surface area contributed by atoms with Gasteiger partial charge in [-0.2, -0.15) is 4.57 Å². The molecule has 13 heavy (non-hydrogen) atoms. The first-order valence-electron chi connectivity index (χ1n) is 3.96. The maximum Gasteiger partial charge on any atom is 0.268 e. The number of rotatable bonds is 1. The molecule has 2 aromatic rings. The smallest absolute Gasteiger partial charge is 0.191 e. The van der Waals surface area contributed by atoms with Crippen molar-refractivity contribution in [1.82, 2.24) is 0 Å². The summed E-state index contributed by atoms with van der Waals surface area (Å²) in [5.41, 5.74) is 1.21. The Balaban J connectivity index is 2.47. The Kier molecular flexibility index (Phi) is 2.34. The van der Waals surface area contributed by atoms with Crippen LogP contribution in [0.1, 0.15) is 0 Å². The summed E-state index contributed by atoms with van der Waals surface area (Å²) in [5, 5.41) is 4.10. The summed E-state index contributed by atoms with van der Waals surface area (Å²) in [6.45, 7) is 0. The molecule has 66 valence electrons. The van der Waals surface area contributed by atoms with E-state index in [0.717, 1.165) is 5.02 Å². The summed E-state index contributed by atoms with van der Waals surface area (Å²) in [4.78, 5) is 0. The third kappa shape index (κ3) is 1.74. The molecule has 0 aliphatic carbocycles. The molecule has 0 saturated heterocycles. The van der Waals surface area contributed by atoms with Gasteiger partial charge in [0.15, 0.2) is 6.20 Å². The zero-order valence-corrected chi connectivity index (χ0v) is 8.77. The molecule has 2 rings (SSSR count). The monoisotopic (exact) mass is 210 g/mol. The molecule has 3 heteroatoms. The SMILES string of the molecule is C[n+]1ccsc1-c1ccc(Cl)cc1. The van der Waals surface area contributed by atoms with Gasteiger partial charge in [-0.3, -0.25) is 0 Å². The number of benzene rings is 1. The van der Waals surface area contributed by atoms with Crippen molar-refractivity contribution in [1.29, 1.82) is 0 Å². The van der Waals surface area contributed by atoms with Gasteiger partial charge in [0.2, 0.25) is 0 Å². The Morgan fingerprint density at radius 1 is 1.23 bits per heavy atom. The van der Waals surface area contributed by atoms with Gasteiger partial charge in [-0.15, -0.1) is 0 Å². The van der Waals surface area contributed by atoms with Crippen LogP contribution >= 0.6 is 22.9 Å². The van der Waals surface area contributed by atoms with Gasteiger partial charge < -0.3 is 0 Å². The molecule has 0 atom stereocenters. The maximum atomic E-state index is 5.81. The second kappa shape index (κ2) is 3.48. The maximum absolute atomic E-state index is 5.81. The molecule has 0 unspecified atom stereocenters. The zero-order valence-electron chi connectivity index (χ0n) is 7.20. The molecule has 1 aromatic carbocycles. The fourth-order valence-corrected chi connectivity index (χ4v) is 2.20. The molecule has 0 aliphatic rings. The molecule has 0 bridgehead atoms. The number of hydrogen-bond donors (Lipinski definition) is 0.